The molecular formula is C16H21NO. The summed E-state index contributed by atoms with van der Waals surface area (Å²) in [5.41, 5.74) is 1.18. The minimum absolute atomic E-state index is 0.233. The first kappa shape index (κ1) is 11.8. The molecule has 2 fully saturated rings. The molecule has 2 aliphatic carbocycles. The number of fused-ring (bicyclic) bond motifs is 2. The molecule has 1 N–H and O–H groups in total. The minimum Gasteiger partial charge on any atom is -0.352 e. The third-order valence-electron chi connectivity index (χ3n) is 4.66. The van der Waals surface area contributed by atoms with Gasteiger partial charge in [0.25, 0.3) is 0 Å². The van der Waals surface area contributed by atoms with E-state index in [-0.39, 0.29) is 5.91 Å². The van der Waals surface area contributed by atoms with Gasteiger partial charge >= 0.3 is 0 Å². The van der Waals surface area contributed by atoms with Crippen LogP contribution in [0.25, 0.3) is 0 Å². The molecule has 1 aromatic rings. The van der Waals surface area contributed by atoms with E-state index in [0.717, 1.165) is 18.3 Å². The highest BCUT2D eigenvalue weighted by atomic mass is 16.1. The summed E-state index contributed by atoms with van der Waals surface area (Å²) in [7, 11) is 0. The molecule has 0 aromatic heterocycles. The third-order valence-corrected chi connectivity index (χ3v) is 4.66. The lowest BCUT2D eigenvalue weighted by Gasteiger charge is -2.20. The summed E-state index contributed by atoms with van der Waals surface area (Å²) in [4.78, 5) is 11.9. The van der Waals surface area contributed by atoms with Gasteiger partial charge in [0.15, 0.2) is 0 Å². The molecule has 0 heterocycles. The van der Waals surface area contributed by atoms with Crippen molar-refractivity contribution in [2.75, 3.05) is 0 Å². The molecule has 2 heteroatoms. The monoisotopic (exact) mass is 243 g/mol. The maximum absolute atomic E-state index is 11.9. The van der Waals surface area contributed by atoms with E-state index in [2.05, 4.69) is 17.4 Å². The second-order valence-electron chi connectivity index (χ2n) is 5.90. The van der Waals surface area contributed by atoms with E-state index < -0.39 is 0 Å². The first-order valence-corrected chi connectivity index (χ1v) is 7.12. The average Bonchev–Trinajstić information content (AvgIpc) is 3.00. The molecule has 18 heavy (non-hydrogen) atoms. The van der Waals surface area contributed by atoms with Crippen LogP contribution >= 0.6 is 0 Å². The summed E-state index contributed by atoms with van der Waals surface area (Å²) in [5.74, 6) is 2.68. The molecule has 2 bridgehead atoms. The fourth-order valence-corrected chi connectivity index (χ4v) is 3.73. The summed E-state index contributed by atoms with van der Waals surface area (Å²) in [5, 5.41) is 3.05. The second kappa shape index (κ2) is 5.13. The summed E-state index contributed by atoms with van der Waals surface area (Å²) in [6.45, 7) is 0.667. The Morgan fingerprint density at radius 1 is 1.17 bits per heavy atom. The highest BCUT2D eigenvalue weighted by Gasteiger charge is 2.39. The van der Waals surface area contributed by atoms with Gasteiger partial charge in [-0.1, -0.05) is 36.8 Å². The lowest BCUT2D eigenvalue weighted by molar-refractivity contribution is -0.122. The molecule has 96 valence electrons. The van der Waals surface area contributed by atoms with E-state index in [1.807, 2.05) is 18.2 Å². The summed E-state index contributed by atoms with van der Waals surface area (Å²) < 4.78 is 0. The van der Waals surface area contributed by atoms with Crippen molar-refractivity contribution in [1.82, 2.24) is 5.32 Å². The van der Waals surface area contributed by atoms with Crippen molar-refractivity contribution in [1.29, 1.82) is 0 Å². The SMILES string of the molecule is O=C(C[C@H]1C[C@H]2CC[C@@H]1C2)NCc1ccccc1. The van der Waals surface area contributed by atoms with Crippen LogP contribution in [0.4, 0.5) is 0 Å². The van der Waals surface area contributed by atoms with E-state index >= 15 is 0 Å². The zero-order chi connectivity index (χ0) is 12.4. The van der Waals surface area contributed by atoms with Gasteiger partial charge < -0.3 is 5.32 Å². The molecule has 3 rings (SSSR count). The number of carbonyl (C=O) groups is 1. The molecule has 0 radical (unpaired) electrons. The van der Waals surface area contributed by atoms with Crippen LogP contribution in [0.5, 0.6) is 0 Å². The van der Waals surface area contributed by atoms with Gasteiger partial charge in [-0.05, 0) is 42.6 Å². The predicted molar refractivity (Wildman–Crippen MR) is 71.8 cm³/mol. The smallest absolute Gasteiger partial charge is 0.220 e. The quantitative estimate of drug-likeness (QED) is 0.865. The maximum Gasteiger partial charge on any atom is 0.220 e. The fraction of sp³-hybridized carbons (Fsp3) is 0.562. The third kappa shape index (κ3) is 2.58. The topological polar surface area (TPSA) is 29.1 Å². The summed E-state index contributed by atoms with van der Waals surface area (Å²) >= 11 is 0. The molecular weight excluding hydrogens is 222 g/mol. The largest absolute Gasteiger partial charge is 0.352 e. The number of nitrogens with one attached hydrogen (secondary N) is 1. The van der Waals surface area contributed by atoms with Crippen LogP contribution in [0, 0.1) is 17.8 Å². The van der Waals surface area contributed by atoms with Crippen LogP contribution in [0.15, 0.2) is 30.3 Å². The van der Waals surface area contributed by atoms with E-state index in [0.29, 0.717) is 12.5 Å². The Kier molecular flexibility index (Phi) is 3.35. The van der Waals surface area contributed by atoms with Gasteiger partial charge in [0.05, 0.1) is 0 Å². The summed E-state index contributed by atoms with van der Waals surface area (Å²) in [6, 6.07) is 10.1. The highest BCUT2D eigenvalue weighted by Crippen LogP contribution is 2.49. The van der Waals surface area contributed by atoms with Gasteiger partial charge in [-0.25, -0.2) is 0 Å². The summed E-state index contributed by atoms with van der Waals surface area (Å²) in [6.07, 6.45) is 6.20. The molecule has 1 aromatic carbocycles. The molecule has 2 nitrogen and oxygen atoms in total. The van der Waals surface area contributed by atoms with Crippen LogP contribution in [-0.4, -0.2) is 5.91 Å². The molecule has 2 aliphatic rings. The van der Waals surface area contributed by atoms with Crippen LogP contribution in [0.1, 0.15) is 37.7 Å². The van der Waals surface area contributed by atoms with Gasteiger partial charge in [0.1, 0.15) is 0 Å². The van der Waals surface area contributed by atoms with E-state index in [9.17, 15) is 4.79 Å². The number of carbonyl (C=O) groups excluding carboxylic acids is 1. The van der Waals surface area contributed by atoms with E-state index in [4.69, 9.17) is 0 Å². The number of hydrogen-bond acceptors (Lipinski definition) is 1. The number of benzene rings is 1. The molecule has 1 amide bonds. The van der Waals surface area contributed by atoms with E-state index in [1.54, 1.807) is 0 Å². The number of hydrogen-bond donors (Lipinski definition) is 1. The first-order chi connectivity index (χ1) is 8.81. The number of rotatable bonds is 4. The minimum atomic E-state index is 0.233. The average molecular weight is 243 g/mol. The Bertz CT molecular complexity index is 414. The van der Waals surface area contributed by atoms with Crippen molar-refractivity contribution in [3.05, 3.63) is 35.9 Å². The van der Waals surface area contributed by atoms with Crippen LogP contribution < -0.4 is 5.32 Å². The van der Waals surface area contributed by atoms with Gasteiger partial charge in [-0.3, -0.25) is 4.79 Å². The molecule has 2 saturated carbocycles. The van der Waals surface area contributed by atoms with E-state index in [1.165, 1.54) is 31.2 Å². The van der Waals surface area contributed by atoms with Crippen molar-refractivity contribution in [2.45, 2.75) is 38.6 Å². The van der Waals surface area contributed by atoms with Crippen LogP contribution in [0.2, 0.25) is 0 Å². The Hall–Kier alpha value is -1.31. The Morgan fingerprint density at radius 3 is 2.67 bits per heavy atom. The Labute approximate surface area is 109 Å². The van der Waals surface area contributed by atoms with Crippen molar-refractivity contribution >= 4 is 5.91 Å². The first-order valence-electron chi connectivity index (χ1n) is 7.12. The van der Waals surface area contributed by atoms with Crippen molar-refractivity contribution in [3.8, 4) is 0 Å². The van der Waals surface area contributed by atoms with Gasteiger partial charge in [0.2, 0.25) is 5.91 Å². The van der Waals surface area contributed by atoms with Gasteiger partial charge in [-0.2, -0.15) is 0 Å². The molecule has 0 saturated heterocycles. The Morgan fingerprint density at radius 2 is 2.00 bits per heavy atom. The van der Waals surface area contributed by atoms with Crippen molar-refractivity contribution in [2.24, 2.45) is 17.8 Å². The zero-order valence-electron chi connectivity index (χ0n) is 10.8. The molecule has 0 aliphatic heterocycles. The Balaban J connectivity index is 1.45. The zero-order valence-corrected chi connectivity index (χ0v) is 10.8. The van der Waals surface area contributed by atoms with Crippen molar-refractivity contribution in [3.63, 3.8) is 0 Å². The van der Waals surface area contributed by atoms with Gasteiger partial charge in [0, 0.05) is 13.0 Å². The van der Waals surface area contributed by atoms with Crippen LogP contribution in [0.3, 0.4) is 0 Å². The predicted octanol–water partition coefficient (Wildman–Crippen LogP) is 3.13. The normalized spacial score (nSPS) is 29.4. The number of amides is 1. The highest BCUT2D eigenvalue weighted by molar-refractivity contribution is 5.76. The lowest BCUT2D eigenvalue weighted by Crippen LogP contribution is -2.26. The fourth-order valence-electron chi connectivity index (χ4n) is 3.73. The second-order valence-corrected chi connectivity index (χ2v) is 5.90. The van der Waals surface area contributed by atoms with Crippen LogP contribution in [-0.2, 0) is 11.3 Å². The molecule has 3 atom stereocenters. The standard InChI is InChI=1S/C16H21NO/c18-16(17-11-12-4-2-1-3-5-12)10-15-9-13-6-7-14(15)8-13/h1-5,13-15H,6-11H2,(H,17,18)/t13-,14+,15+/m0/s1. The van der Waals surface area contributed by atoms with Crippen molar-refractivity contribution < 1.29 is 4.79 Å². The molecule has 0 unspecified atom stereocenters. The maximum atomic E-state index is 11.9. The molecule has 0 spiro atoms. The lowest BCUT2D eigenvalue weighted by atomic mass is 9.86. The van der Waals surface area contributed by atoms with Gasteiger partial charge in [-0.15, -0.1) is 0 Å².